The van der Waals surface area contributed by atoms with Gasteiger partial charge in [0.15, 0.2) is 18.3 Å². The first-order chi connectivity index (χ1) is 22.4. The average Bonchev–Trinajstić information content (AvgIpc) is 3.03. The number of ether oxygens (including phenoxy) is 7. The van der Waals surface area contributed by atoms with Gasteiger partial charge in [-0.15, -0.1) is 11.8 Å². The van der Waals surface area contributed by atoms with Gasteiger partial charge in [-0.2, -0.15) is 0 Å². The topological polar surface area (TPSA) is 179 Å². The molecule has 2 aromatic rings. The summed E-state index contributed by atoms with van der Waals surface area (Å²) >= 11 is 1.63. The molecule has 256 valence electrons. The van der Waals surface area contributed by atoms with Gasteiger partial charge in [-0.25, -0.2) is 9.59 Å². The highest BCUT2D eigenvalue weighted by Crippen LogP contribution is 2.33. The van der Waals surface area contributed by atoms with Crippen LogP contribution in [-0.4, -0.2) is 90.9 Å². The number of nitrogen functional groups attached to an aromatic ring is 1. The van der Waals surface area contributed by atoms with Crippen molar-refractivity contribution in [3.05, 3.63) is 59.7 Å². The third-order valence-electron chi connectivity index (χ3n) is 6.78. The van der Waals surface area contributed by atoms with Crippen molar-refractivity contribution in [1.82, 2.24) is 4.90 Å². The fourth-order valence-electron chi connectivity index (χ4n) is 4.61. The van der Waals surface area contributed by atoms with Gasteiger partial charge < -0.3 is 38.9 Å². The van der Waals surface area contributed by atoms with E-state index in [1.807, 2.05) is 25.1 Å². The Morgan fingerprint density at radius 1 is 0.872 bits per heavy atom. The van der Waals surface area contributed by atoms with Crippen LogP contribution in [0.2, 0.25) is 0 Å². The van der Waals surface area contributed by atoms with Gasteiger partial charge in [0.2, 0.25) is 12.4 Å². The number of methoxy groups -OCH3 is 1. The summed E-state index contributed by atoms with van der Waals surface area (Å²) in [6.45, 7) is 5.52. The molecule has 3 rings (SSSR count). The molecule has 1 saturated heterocycles. The molecule has 1 amide bonds. The summed E-state index contributed by atoms with van der Waals surface area (Å²) in [6, 6.07) is 14.7. The molecule has 1 aliphatic rings. The van der Waals surface area contributed by atoms with Crippen molar-refractivity contribution in [2.45, 2.75) is 71.4 Å². The number of amides is 1. The van der Waals surface area contributed by atoms with Crippen molar-refractivity contribution in [3.63, 3.8) is 0 Å². The fraction of sp³-hybridized carbons (Fsp3) is 0.469. The first-order valence-corrected chi connectivity index (χ1v) is 15.9. The number of hydrogen-bond donors (Lipinski definition) is 1. The average molecular weight is 677 g/mol. The van der Waals surface area contributed by atoms with E-state index in [1.165, 1.54) is 17.7 Å². The van der Waals surface area contributed by atoms with Crippen molar-refractivity contribution < 1.29 is 57.1 Å². The minimum Gasteiger partial charge on any atom is -0.467 e. The molecule has 0 aliphatic carbocycles. The molecule has 0 radical (unpaired) electrons. The highest BCUT2D eigenvalue weighted by molar-refractivity contribution is 7.99. The molecule has 14 nitrogen and oxygen atoms in total. The Bertz CT molecular complexity index is 1390. The molecule has 47 heavy (non-hydrogen) atoms. The summed E-state index contributed by atoms with van der Waals surface area (Å²) in [4.78, 5) is 62.9. The second-order valence-corrected chi connectivity index (χ2v) is 11.4. The van der Waals surface area contributed by atoms with E-state index >= 15 is 0 Å². The van der Waals surface area contributed by atoms with Crippen LogP contribution in [0.15, 0.2) is 48.5 Å². The van der Waals surface area contributed by atoms with E-state index in [0.29, 0.717) is 18.0 Å². The van der Waals surface area contributed by atoms with Crippen LogP contribution in [0.1, 0.15) is 38.8 Å². The van der Waals surface area contributed by atoms with Crippen LogP contribution >= 0.6 is 11.8 Å². The molecule has 0 aromatic heterocycles. The molecular formula is C32H40N2O12S. The minimum atomic E-state index is -1.62. The Kier molecular flexibility index (Phi) is 14.2. The summed E-state index contributed by atoms with van der Waals surface area (Å²) in [5, 5.41) is 0. The number of anilines is 1. The van der Waals surface area contributed by atoms with Gasteiger partial charge in [-0.05, 0) is 42.4 Å². The second-order valence-electron chi connectivity index (χ2n) is 10.3. The predicted molar refractivity (Wildman–Crippen MR) is 169 cm³/mol. The van der Waals surface area contributed by atoms with Gasteiger partial charge in [-0.1, -0.05) is 36.4 Å². The van der Waals surface area contributed by atoms with Gasteiger partial charge in [0.1, 0.15) is 12.4 Å². The molecular weight excluding hydrogens is 636 g/mol. The van der Waals surface area contributed by atoms with Crippen molar-refractivity contribution in [3.8, 4) is 5.75 Å². The lowest BCUT2D eigenvalue weighted by Crippen LogP contribution is -2.64. The first kappa shape index (κ1) is 37.0. The zero-order valence-corrected chi connectivity index (χ0v) is 27.7. The predicted octanol–water partition coefficient (Wildman–Crippen LogP) is 3.23. The molecule has 0 spiro atoms. The summed E-state index contributed by atoms with van der Waals surface area (Å²) in [5.74, 6) is -2.05. The Morgan fingerprint density at radius 2 is 1.51 bits per heavy atom. The van der Waals surface area contributed by atoms with Gasteiger partial charge in [0, 0.05) is 27.3 Å². The summed E-state index contributed by atoms with van der Waals surface area (Å²) in [5.41, 5.74) is 8.12. The SMILES string of the molecule is CCN(CSCCc1ccccc1)C(=O)OCc1ccc(O[C@@H]2O[C@H](C(=O)OC)[C@@H](OC(C)=O)[C@H](OC(C)=O)[C@H]2OC(C)=O)c(N)c1. The summed E-state index contributed by atoms with van der Waals surface area (Å²) in [7, 11) is 1.08. The number of aryl methyl sites for hydroxylation is 1. The fourth-order valence-corrected chi connectivity index (χ4v) is 5.63. The van der Waals surface area contributed by atoms with Crippen molar-refractivity contribution in [2.24, 2.45) is 0 Å². The van der Waals surface area contributed by atoms with E-state index in [-0.39, 0.29) is 18.0 Å². The quantitative estimate of drug-likeness (QED) is 0.101. The van der Waals surface area contributed by atoms with Crippen LogP contribution in [-0.2, 0) is 60.6 Å². The largest absolute Gasteiger partial charge is 0.467 e. The Morgan fingerprint density at radius 3 is 2.11 bits per heavy atom. The molecule has 0 unspecified atom stereocenters. The standard InChI is InChI=1S/C32H40N2O12S/c1-6-34(18-47-15-14-22-10-8-7-9-11-22)32(39)41-17-23-12-13-25(24(33)16-23)45-31-29(44-21(4)37)27(43-20(3)36)26(42-19(2)35)28(46-31)30(38)40-5/h7-13,16,26-29,31H,6,14-15,17-18,33H2,1-5H3/t26-,27-,28-,29+,31+/m0/s1. The van der Waals surface area contributed by atoms with E-state index in [2.05, 4.69) is 12.1 Å². The first-order valence-electron chi connectivity index (χ1n) is 14.8. The number of nitrogens with two attached hydrogens (primary N) is 1. The summed E-state index contributed by atoms with van der Waals surface area (Å²) in [6.07, 6.45) is -7.32. The number of thioether (sulfide) groups is 1. The third kappa shape index (κ3) is 11.1. The molecule has 15 heteroatoms. The van der Waals surface area contributed by atoms with Crippen molar-refractivity contribution in [1.29, 1.82) is 0 Å². The van der Waals surface area contributed by atoms with E-state index in [9.17, 15) is 24.0 Å². The lowest BCUT2D eigenvalue weighted by molar-refractivity contribution is -0.282. The van der Waals surface area contributed by atoms with Crippen molar-refractivity contribution >= 4 is 47.4 Å². The van der Waals surface area contributed by atoms with E-state index in [0.717, 1.165) is 40.1 Å². The van der Waals surface area contributed by atoms with Gasteiger partial charge in [0.25, 0.3) is 0 Å². The smallest absolute Gasteiger partial charge is 0.410 e. The maximum absolute atomic E-state index is 12.7. The molecule has 5 atom stereocenters. The Hall–Kier alpha value is -4.50. The normalized spacial score (nSPS) is 20.3. The van der Waals surface area contributed by atoms with Crippen LogP contribution in [0.4, 0.5) is 10.5 Å². The molecule has 1 heterocycles. The second kappa shape index (κ2) is 18.0. The number of esters is 4. The number of carbonyl (C=O) groups excluding carboxylic acids is 5. The number of rotatable bonds is 14. The third-order valence-corrected chi connectivity index (χ3v) is 7.77. The summed E-state index contributed by atoms with van der Waals surface area (Å²) < 4.78 is 38.0. The highest BCUT2D eigenvalue weighted by Gasteiger charge is 2.56. The van der Waals surface area contributed by atoms with Crippen LogP contribution in [0.3, 0.4) is 0 Å². The Balaban J connectivity index is 1.70. The van der Waals surface area contributed by atoms with Gasteiger partial charge in [0.05, 0.1) is 18.7 Å². The lowest BCUT2D eigenvalue weighted by Gasteiger charge is -2.43. The number of benzene rings is 2. The Labute approximate surface area is 277 Å². The molecule has 1 fully saturated rings. The maximum atomic E-state index is 12.7. The zero-order valence-electron chi connectivity index (χ0n) is 26.9. The van der Waals surface area contributed by atoms with Crippen LogP contribution in [0.25, 0.3) is 0 Å². The molecule has 2 N–H and O–H groups in total. The number of carbonyl (C=O) groups is 5. The van der Waals surface area contributed by atoms with E-state index in [1.54, 1.807) is 22.7 Å². The lowest BCUT2D eigenvalue weighted by atomic mass is 9.97. The maximum Gasteiger partial charge on any atom is 0.410 e. The van der Waals surface area contributed by atoms with E-state index in [4.69, 9.17) is 38.9 Å². The number of nitrogens with zero attached hydrogens (tertiary/aromatic N) is 1. The minimum absolute atomic E-state index is 0.0448. The number of hydrogen-bond acceptors (Lipinski definition) is 14. The van der Waals surface area contributed by atoms with Crippen molar-refractivity contribution in [2.75, 3.05) is 31.0 Å². The van der Waals surface area contributed by atoms with E-state index < -0.39 is 60.7 Å². The molecule has 1 aliphatic heterocycles. The monoisotopic (exact) mass is 676 g/mol. The molecule has 0 bridgehead atoms. The zero-order chi connectivity index (χ0) is 34.5. The van der Waals surface area contributed by atoms with Crippen LogP contribution in [0.5, 0.6) is 5.75 Å². The van der Waals surface area contributed by atoms with Gasteiger partial charge in [-0.3, -0.25) is 19.3 Å². The van der Waals surface area contributed by atoms with Crippen LogP contribution in [0, 0.1) is 0 Å². The molecule has 2 aromatic carbocycles. The van der Waals surface area contributed by atoms with Gasteiger partial charge >= 0.3 is 30.0 Å². The van der Waals surface area contributed by atoms with Crippen LogP contribution < -0.4 is 10.5 Å². The highest BCUT2D eigenvalue weighted by atomic mass is 32.2. The molecule has 0 saturated carbocycles.